The molecule has 2 N–H and O–H groups in total. The Morgan fingerprint density at radius 2 is 1.88 bits per heavy atom. The zero-order chi connectivity index (χ0) is 18.6. The summed E-state index contributed by atoms with van der Waals surface area (Å²) in [5.74, 6) is -1.32. The van der Waals surface area contributed by atoms with Crippen LogP contribution in [-0.4, -0.2) is 15.5 Å². The highest BCUT2D eigenvalue weighted by atomic mass is 19.1. The largest absolute Gasteiger partial charge is 0.476 e. The molecule has 0 unspecified atom stereocenters. The second-order valence-electron chi connectivity index (χ2n) is 5.53. The molecule has 2 aromatic heterocycles. The molecule has 132 valence electrons. The van der Waals surface area contributed by atoms with Gasteiger partial charge in [0.25, 0.3) is 0 Å². The molecular weight excluding hydrogens is 319 g/mol. The van der Waals surface area contributed by atoms with E-state index in [9.17, 15) is 14.3 Å². The van der Waals surface area contributed by atoms with Crippen molar-refractivity contribution in [2.24, 2.45) is 0 Å². The lowest BCUT2D eigenvalue weighted by Crippen LogP contribution is -2.12. The molecule has 0 aliphatic carbocycles. The number of halogens is 1. The topological polar surface area (TPSA) is 53.7 Å². The molecule has 0 spiro atoms. The number of aromatic carboxylic acids is 1. The van der Waals surface area contributed by atoms with Crippen molar-refractivity contribution in [3.8, 4) is 0 Å². The summed E-state index contributed by atoms with van der Waals surface area (Å²) in [5, 5.41) is 12.6. The van der Waals surface area contributed by atoms with E-state index >= 15 is 0 Å². The van der Waals surface area contributed by atoms with Crippen LogP contribution in [0.3, 0.4) is 0 Å². The summed E-state index contributed by atoms with van der Waals surface area (Å²) in [6.45, 7) is 8.02. The Morgan fingerprint density at radius 3 is 2.56 bits per heavy atom. The number of benzene rings is 1. The van der Waals surface area contributed by atoms with Crippen LogP contribution in [0, 0.1) is 19.7 Å². The molecule has 0 aliphatic rings. The molecule has 25 heavy (non-hydrogen) atoms. The minimum atomic E-state index is -1.03. The van der Waals surface area contributed by atoms with Crippen LogP contribution >= 0.6 is 0 Å². The Morgan fingerprint density at radius 1 is 1.16 bits per heavy atom. The van der Waals surface area contributed by atoms with Gasteiger partial charge < -0.3 is 14.8 Å². The number of hydrogen-bond acceptors (Lipinski definition) is 2. The highest BCUT2D eigenvalue weighted by molar-refractivity contribution is 5.93. The summed E-state index contributed by atoms with van der Waals surface area (Å²) in [4.78, 5) is 11.6. The summed E-state index contributed by atoms with van der Waals surface area (Å²) in [5.41, 5.74) is 3.82. The molecule has 0 fully saturated rings. The number of nitrogens with zero attached hydrogens (tertiary/aromatic N) is 1. The first-order chi connectivity index (χ1) is 12.0. The minimum absolute atomic E-state index is 0.137. The molecule has 0 atom stereocenters. The average Bonchev–Trinajstić information content (AvgIpc) is 3.08. The van der Waals surface area contributed by atoms with Gasteiger partial charge in [0.05, 0.1) is 5.69 Å². The number of aryl methyl sites for hydroxylation is 1. The Kier molecular flexibility index (Phi) is 5.80. The number of carboxylic acids is 1. The molecule has 5 heteroatoms. The molecule has 0 saturated heterocycles. The Balaban J connectivity index is 0.00000109. The number of anilines is 1. The highest BCUT2D eigenvalue weighted by Crippen LogP contribution is 2.22. The van der Waals surface area contributed by atoms with Crippen molar-refractivity contribution < 1.29 is 14.3 Å². The number of hydrogen-bond donors (Lipinski definition) is 2. The second kappa shape index (κ2) is 7.83. The van der Waals surface area contributed by atoms with Crippen LogP contribution in [0.5, 0.6) is 0 Å². The van der Waals surface area contributed by atoms with Gasteiger partial charge in [-0.25, -0.2) is 9.18 Å². The smallest absolute Gasteiger partial charge is 0.355 e. The molecular formula is C20H23FN2O2. The number of aromatic nitrogens is 1. The normalized spacial score (nSPS) is 10.3. The van der Waals surface area contributed by atoms with Gasteiger partial charge in [0.2, 0.25) is 0 Å². The van der Waals surface area contributed by atoms with E-state index in [0.29, 0.717) is 11.3 Å². The molecule has 0 radical (unpaired) electrons. The van der Waals surface area contributed by atoms with E-state index in [-0.39, 0.29) is 18.1 Å². The maximum absolute atomic E-state index is 14.0. The Hall–Kier alpha value is -2.82. The van der Waals surface area contributed by atoms with Gasteiger partial charge in [-0.3, -0.25) is 0 Å². The van der Waals surface area contributed by atoms with Crippen LogP contribution < -0.4 is 5.32 Å². The molecule has 4 nitrogen and oxygen atoms in total. The fourth-order valence-corrected chi connectivity index (χ4v) is 2.71. The Labute approximate surface area is 146 Å². The van der Waals surface area contributed by atoms with Crippen molar-refractivity contribution in [3.05, 3.63) is 70.8 Å². The molecule has 3 rings (SSSR count). The van der Waals surface area contributed by atoms with Gasteiger partial charge >= 0.3 is 5.97 Å². The second-order valence-corrected chi connectivity index (χ2v) is 5.53. The predicted octanol–water partition coefficient (Wildman–Crippen LogP) is 5.03. The molecule has 0 saturated carbocycles. The summed E-state index contributed by atoms with van der Waals surface area (Å²) in [6, 6.07) is 10.3. The van der Waals surface area contributed by atoms with Crippen molar-refractivity contribution in [1.82, 2.24) is 4.40 Å². The van der Waals surface area contributed by atoms with Crippen LogP contribution in [0.2, 0.25) is 0 Å². The van der Waals surface area contributed by atoms with E-state index in [1.54, 1.807) is 28.8 Å². The Bertz CT molecular complexity index is 900. The molecule has 0 amide bonds. The first kappa shape index (κ1) is 18.5. The van der Waals surface area contributed by atoms with Crippen LogP contribution in [0.1, 0.15) is 41.0 Å². The van der Waals surface area contributed by atoms with Crippen LogP contribution in [0.25, 0.3) is 5.52 Å². The third-order valence-electron chi connectivity index (χ3n) is 4.17. The zero-order valence-electron chi connectivity index (χ0n) is 14.9. The highest BCUT2D eigenvalue weighted by Gasteiger charge is 2.15. The van der Waals surface area contributed by atoms with E-state index in [1.807, 2.05) is 39.8 Å². The van der Waals surface area contributed by atoms with Crippen molar-refractivity contribution in [2.45, 2.75) is 34.2 Å². The monoisotopic (exact) mass is 342 g/mol. The molecule has 2 heterocycles. The van der Waals surface area contributed by atoms with Gasteiger partial charge in [-0.05, 0) is 55.3 Å². The predicted molar refractivity (Wildman–Crippen MR) is 98.9 cm³/mol. The molecule has 3 aromatic rings. The minimum Gasteiger partial charge on any atom is -0.476 e. The third-order valence-corrected chi connectivity index (χ3v) is 4.17. The maximum atomic E-state index is 14.0. The van der Waals surface area contributed by atoms with E-state index in [0.717, 1.165) is 16.6 Å². The summed E-state index contributed by atoms with van der Waals surface area (Å²) in [6.07, 6.45) is 1.70. The van der Waals surface area contributed by atoms with Gasteiger partial charge in [0, 0.05) is 23.8 Å². The number of carbonyl (C=O) groups is 1. The quantitative estimate of drug-likeness (QED) is 0.699. The number of fused-ring (bicyclic) bond motifs is 1. The van der Waals surface area contributed by atoms with Crippen LogP contribution in [0.15, 0.2) is 42.6 Å². The lowest BCUT2D eigenvalue weighted by Gasteiger charge is -2.14. The lowest BCUT2D eigenvalue weighted by molar-refractivity contribution is 0.0690. The van der Waals surface area contributed by atoms with Crippen molar-refractivity contribution in [2.75, 3.05) is 5.32 Å². The van der Waals surface area contributed by atoms with Crippen LogP contribution in [-0.2, 0) is 6.54 Å². The number of rotatable bonds is 4. The number of nitrogens with one attached hydrogen (secondary N) is 1. The van der Waals surface area contributed by atoms with E-state index in [4.69, 9.17) is 0 Å². The SMILES string of the molecule is CC.Cc1ccc(F)c(CNc2ccc3cccn3c2C(=O)O)c1C. The van der Waals surface area contributed by atoms with E-state index in [1.165, 1.54) is 6.07 Å². The fourth-order valence-electron chi connectivity index (χ4n) is 2.71. The number of carboxylic acid groups (broad SMARTS) is 1. The first-order valence-corrected chi connectivity index (χ1v) is 8.31. The zero-order valence-corrected chi connectivity index (χ0v) is 14.9. The number of pyridine rings is 1. The third kappa shape index (κ3) is 3.65. The van der Waals surface area contributed by atoms with Crippen molar-refractivity contribution in [3.63, 3.8) is 0 Å². The summed E-state index contributed by atoms with van der Waals surface area (Å²) < 4.78 is 15.6. The summed E-state index contributed by atoms with van der Waals surface area (Å²) >= 11 is 0. The van der Waals surface area contributed by atoms with E-state index in [2.05, 4.69) is 5.32 Å². The van der Waals surface area contributed by atoms with Crippen molar-refractivity contribution >= 4 is 17.2 Å². The molecule has 0 bridgehead atoms. The fraction of sp³-hybridized carbons (Fsp3) is 0.250. The van der Waals surface area contributed by atoms with E-state index < -0.39 is 5.97 Å². The van der Waals surface area contributed by atoms with Gasteiger partial charge in [0.15, 0.2) is 5.69 Å². The lowest BCUT2D eigenvalue weighted by atomic mass is 10.0. The van der Waals surface area contributed by atoms with Gasteiger partial charge in [0.1, 0.15) is 5.82 Å². The van der Waals surface area contributed by atoms with Gasteiger partial charge in [-0.2, -0.15) is 0 Å². The molecule has 0 aliphatic heterocycles. The standard InChI is InChI=1S/C18H17FN2O2.C2H6/c1-11-5-7-15(19)14(12(11)2)10-20-16-8-6-13-4-3-9-21(13)17(16)18(22)23;1-2/h3-9,20H,10H2,1-2H3,(H,22,23);1-2H3. The van der Waals surface area contributed by atoms with Gasteiger partial charge in [-0.1, -0.05) is 19.9 Å². The first-order valence-electron chi connectivity index (χ1n) is 8.31. The van der Waals surface area contributed by atoms with Crippen LogP contribution in [0.4, 0.5) is 10.1 Å². The average molecular weight is 342 g/mol. The van der Waals surface area contributed by atoms with Crippen molar-refractivity contribution in [1.29, 1.82) is 0 Å². The maximum Gasteiger partial charge on any atom is 0.355 e. The van der Waals surface area contributed by atoms with Gasteiger partial charge in [-0.15, -0.1) is 0 Å². The summed E-state index contributed by atoms with van der Waals surface area (Å²) in [7, 11) is 0. The molecule has 1 aromatic carbocycles.